The van der Waals surface area contributed by atoms with Crippen molar-refractivity contribution in [3.8, 4) is 0 Å². The number of thiocarbonyl (C=S) groups is 1. The van der Waals surface area contributed by atoms with Gasteiger partial charge in [-0.2, -0.15) is 0 Å². The predicted octanol–water partition coefficient (Wildman–Crippen LogP) is 1.42. The molecule has 2 rings (SSSR count). The maximum Gasteiger partial charge on any atom is 0.288 e. The Kier molecular flexibility index (Phi) is 5.46. The maximum absolute atomic E-state index is 12.0. The molecule has 0 saturated carbocycles. The zero-order valence-electron chi connectivity index (χ0n) is 10.7. The van der Waals surface area contributed by atoms with E-state index in [1.807, 2.05) is 0 Å². The fraction of sp³-hybridized carbons (Fsp3) is 0.200. The fourth-order valence-corrected chi connectivity index (χ4v) is 1.90. The summed E-state index contributed by atoms with van der Waals surface area (Å²) in [6.07, 6.45) is 3.00. The van der Waals surface area contributed by atoms with Gasteiger partial charge < -0.3 is 15.1 Å². The Morgan fingerprint density at radius 2 is 2.00 bits per heavy atom. The van der Waals surface area contributed by atoms with Crippen LogP contribution in [-0.2, 0) is 0 Å². The number of hydrogen-bond acceptors (Lipinski definition) is 5. The second-order valence-corrected chi connectivity index (χ2v) is 6.66. The molecule has 0 bridgehead atoms. The van der Waals surface area contributed by atoms with Gasteiger partial charge in [-0.05, 0) is 24.4 Å². The first-order valence-corrected chi connectivity index (χ1v) is 7.23. The number of nitrogens with one attached hydrogen (secondary N) is 3. The summed E-state index contributed by atoms with van der Waals surface area (Å²) in [5, 5.41) is 12.4. The summed E-state index contributed by atoms with van der Waals surface area (Å²) < 4.78 is 4.48. The molecule has 0 fully saturated rings. The Morgan fingerprint density at radius 3 is 2.55 bits per heavy atom. The van der Waals surface area contributed by atoms with Crippen molar-refractivity contribution in [3.05, 3.63) is 36.8 Å². The Hall–Kier alpha value is -1.55. The van der Waals surface area contributed by atoms with Gasteiger partial charge in [-0.25, -0.2) is 4.68 Å². The smallest absolute Gasteiger partial charge is 0.288 e. The molecular formula is C10H9Cl3N6O2S. The van der Waals surface area contributed by atoms with Crippen LogP contribution >= 0.6 is 47.0 Å². The molecule has 12 heteroatoms. The summed E-state index contributed by atoms with van der Waals surface area (Å²) in [4.78, 5) is 12.0. The minimum absolute atomic E-state index is 0.0683. The number of carbonyl (C=O) groups excluding carboxylic acids is 1. The van der Waals surface area contributed by atoms with Gasteiger partial charge in [-0.1, -0.05) is 34.8 Å². The average Bonchev–Trinajstić information content (AvgIpc) is 3.09. The number of rotatable bonds is 4. The van der Waals surface area contributed by atoms with E-state index in [1.165, 1.54) is 29.7 Å². The molecule has 0 aliphatic carbocycles. The summed E-state index contributed by atoms with van der Waals surface area (Å²) in [6, 6.07) is 3.03. The summed E-state index contributed by atoms with van der Waals surface area (Å²) in [5.74, 6) is -0.500. The van der Waals surface area contributed by atoms with E-state index in [0.29, 0.717) is 0 Å². The first-order valence-electron chi connectivity index (χ1n) is 5.69. The van der Waals surface area contributed by atoms with Gasteiger partial charge in [0.15, 0.2) is 10.9 Å². The van der Waals surface area contributed by atoms with E-state index < -0.39 is 15.9 Å². The van der Waals surface area contributed by atoms with E-state index in [1.54, 1.807) is 6.07 Å². The van der Waals surface area contributed by atoms with Crippen molar-refractivity contribution in [1.29, 1.82) is 0 Å². The minimum atomic E-state index is -1.86. The molecule has 0 unspecified atom stereocenters. The van der Waals surface area contributed by atoms with Crippen molar-refractivity contribution in [1.82, 2.24) is 25.5 Å². The highest BCUT2D eigenvalue weighted by atomic mass is 35.6. The molecule has 0 radical (unpaired) electrons. The van der Waals surface area contributed by atoms with Crippen LogP contribution in [0.4, 0.5) is 0 Å². The van der Waals surface area contributed by atoms with Gasteiger partial charge in [0, 0.05) is 0 Å². The maximum atomic E-state index is 12.0. The molecule has 8 nitrogen and oxygen atoms in total. The number of alkyl halides is 3. The molecule has 0 aliphatic heterocycles. The Labute approximate surface area is 145 Å². The third-order valence-electron chi connectivity index (χ3n) is 2.27. The van der Waals surface area contributed by atoms with Crippen molar-refractivity contribution in [2.24, 2.45) is 0 Å². The van der Waals surface area contributed by atoms with Gasteiger partial charge >= 0.3 is 0 Å². The lowest BCUT2D eigenvalue weighted by atomic mass is 10.4. The number of hydrogen-bond donors (Lipinski definition) is 3. The molecule has 0 aliphatic rings. The first-order chi connectivity index (χ1) is 10.4. The van der Waals surface area contributed by atoms with Crippen molar-refractivity contribution < 1.29 is 9.21 Å². The lowest BCUT2D eigenvalue weighted by molar-refractivity contribution is 0.0906. The van der Waals surface area contributed by atoms with Crippen LogP contribution in [0, 0.1) is 0 Å². The van der Waals surface area contributed by atoms with Gasteiger partial charge in [0.2, 0.25) is 3.79 Å². The third kappa shape index (κ3) is 4.73. The van der Waals surface area contributed by atoms with Crippen LogP contribution in [0.3, 0.4) is 0 Å². The molecule has 0 aromatic carbocycles. The molecular weight excluding hydrogens is 375 g/mol. The van der Waals surface area contributed by atoms with Gasteiger partial charge in [-0.3, -0.25) is 10.2 Å². The van der Waals surface area contributed by atoms with Crippen molar-refractivity contribution in [2.45, 2.75) is 9.96 Å². The third-order valence-corrected chi connectivity index (χ3v) is 3.14. The fourth-order valence-electron chi connectivity index (χ4n) is 1.35. The molecule has 0 saturated heterocycles. The summed E-state index contributed by atoms with van der Waals surface area (Å²) in [5.41, 5.74) is 2.69. The van der Waals surface area contributed by atoms with Crippen molar-refractivity contribution in [3.63, 3.8) is 0 Å². The quantitative estimate of drug-likeness (QED) is 0.417. The van der Waals surface area contributed by atoms with Crippen LogP contribution in [0.5, 0.6) is 0 Å². The van der Waals surface area contributed by atoms with E-state index in [4.69, 9.17) is 51.4 Å². The largest absolute Gasteiger partial charge is 0.459 e. The number of amides is 1. The standard InChI is InChI=1S/C10H9Cl3N6O2S/c11-10(12,13)8(16-7(20)6-2-1-3-21-6)17-9(22)18-19-4-14-15-5-19/h1-5,8H,(H,16,20)(H2,17,18,22)/t8-/m0/s1. The van der Waals surface area contributed by atoms with Gasteiger partial charge in [0.25, 0.3) is 5.91 Å². The SMILES string of the molecule is O=C(N[C@@H](NC(=S)Nn1cnnc1)C(Cl)(Cl)Cl)c1ccco1. The minimum Gasteiger partial charge on any atom is -0.459 e. The predicted molar refractivity (Wildman–Crippen MR) is 85.4 cm³/mol. The molecule has 2 aromatic rings. The second-order valence-electron chi connectivity index (χ2n) is 3.88. The Morgan fingerprint density at radius 1 is 1.32 bits per heavy atom. The van der Waals surface area contributed by atoms with E-state index in [0.717, 1.165) is 0 Å². The van der Waals surface area contributed by atoms with Crippen LogP contribution in [0.15, 0.2) is 35.5 Å². The average molecular weight is 384 g/mol. The van der Waals surface area contributed by atoms with E-state index in [2.05, 4.69) is 26.3 Å². The van der Waals surface area contributed by atoms with Crippen LogP contribution in [0.25, 0.3) is 0 Å². The first kappa shape index (κ1) is 16.8. The van der Waals surface area contributed by atoms with Gasteiger partial charge in [0.05, 0.1) is 6.26 Å². The molecule has 2 heterocycles. The number of nitrogens with zero attached hydrogens (tertiary/aromatic N) is 3. The molecule has 1 amide bonds. The zero-order valence-corrected chi connectivity index (χ0v) is 13.7. The highest BCUT2D eigenvalue weighted by molar-refractivity contribution is 7.80. The molecule has 2 aromatic heterocycles. The lowest BCUT2D eigenvalue weighted by Crippen LogP contribution is -2.56. The molecule has 22 heavy (non-hydrogen) atoms. The molecule has 0 spiro atoms. The van der Waals surface area contributed by atoms with Crippen LogP contribution in [0.2, 0.25) is 0 Å². The highest BCUT2D eigenvalue weighted by Crippen LogP contribution is 2.29. The van der Waals surface area contributed by atoms with Gasteiger partial charge in [0.1, 0.15) is 18.8 Å². The topological polar surface area (TPSA) is 97.0 Å². The number of halogens is 3. The zero-order chi connectivity index (χ0) is 16.2. The van der Waals surface area contributed by atoms with E-state index in [9.17, 15) is 4.79 Å². The lowest BCUT2D eigenvalue weighted by Gasteiger charge is -2.27. The number of furan rings is 1. The monoisotopic (exact) mass is 382 g/mol. The second kappa shape index (κ2) is 7.14. The Balaban J connectivity index is 2.00. The van der Waals surface area contributed by atoms with Crippen LogP contribution < -0.4 is 16.1 Å². The number of aromatic nitrogens is 3. The normalized spacial score (nSPS) is 12.5. The molecule has 118 valence electrons. The number of carbonyl (C=O) groups is 1. The molecule has 3 N–H and O–H groups in total. The van der Waals surface area contributed by atoms with Crippen LogP contribution in [0.1, 0.15) is 10.6 Å². The van der Waals surface area contributed by atoms with Crippen molar-refractivity contribution in [2.75, 3.05) is 5.43 Å². The van der Waals surface area contributed by atoms with Crippen LogP contribution in [-0.4, -0.2) is 35.9 Å². The Bertz CT molecular complexity index is 628. The van der Waals surface area contributed by atoms with Gasteiger partial charge in [-0.15, -0.1) is 10.2 Å². The molecule has 1 atom stereocenters. The summed E-state index contributed by atoms with van der Waals surface area (Å²) >= 11 is 22.6. The summed E-state index contributed by atoms with van der Waals surface area (Å²) in [7, 11) is 0. The highest BCUT2D eigenvalue weighted by Gasteiger charge is 2.35. The van der Waals surface area contributed by atoms with Crippen molar-refractivity contribution >= 4 is 58.0 Å². The summed E-state index contributed by atoms with van der Waals surface area (Å²) in [6.45, 7) is 0. The van der Waals surface area contributed by atoms with E-state index in [-0.39, 0.29) is 10.9 Å². The van der Waals surface area contributed by atoms with E-state index >= 15 is 0 Å².